The number of hydrogen-bond donors (Lipinski definition) is 1. The van der Waals surface area contributed by atoms with Crippen molar-refractivity contribution in [3.63, 3.8) is 0 Å². The zero-order valence-electron chi connectivity index (χ0n) is 7.46. The van der Waals surface area contributed by atoms with Gasteiger partial charge in [-0.05, 0) is 12.3 Å². The number of hydrogen-bond acceptors (Lipinski definition) is 3. The molecule has 2 unspecified atom stereocenters. The zero-order valence-corrected chi connectivity index (χ0v) is 8.27. The number of nitrogens with zero attached hydrogens (tertiary/aromatic N) is 1. The maximum atomic E-state index is 9.49. The first-order chi connectivity index (χ1) is 4.91. The molecule has 1 heterocycles. The topological polar surface area (TPSA) is 32.6 Å². The van der Waals surface area contributed by atoms with Crippen molar-refractivity contribution in [1.29, 1.82) is 0 Å². The van der Waals surface area contributed by atoms with Crippen LogP contribution in [-0.2, 0) is 0 Å². The van der Waals surface area contributed by atoms with Gasteiger partial charge in [0.1, 0.15) is 0 Å². The van der Waals surface area contributed by atoms with Crippen molar-refractivity contribution in [3.05, 3.63) is 0 Å². The first-order valence-electron chi connectivity index (χ1n) is 3.80. The molecule has 1 aliphatic heterocycles. The quantitative estimate of drug-likeness (QED) is 0.606. The van der Waals surface area contributed by atoms with Gasteiger partial charge in [-0.25, -0.2) is 0 Å². The lowest BCUT2D eigenvalue weighted by Crippen LogP contribution is -2.31. The first-order valence-corrected chi connectivity index (χ1v) is 4.68. The lowest BCUT2D eigenvalue weighted by Gasteiger charge is -2.27. The normalized spacial score (nSPS) is 32.3. The molecule has 0 saturated carbocycles. The fourth-order valence-electron chi connectivity index (χ4n) is 1.15. The molecule has 0 radical (unpaired) electrons. The van der Waals surface area contributed by atoms with E-state index in [2.05, 4.69) is 25.8 Å². The third-order valence-electron chi connectivity index (χ3n) is 1.74. The number of aliphatic imine (C=N–C) groups is 1. The van der Waals surface area contributed by atoms with Gasteiger partial charge in [0.15, 0.2) is 6.23 Å². The molecule has 0 aromatic rings. The van der Waals surface area contributed by atoms with Gasteiger partial charge in [0.05, 0.1) is 10.3 Å². The Morgan fingerprint density at radius 3 is 2.18 bits per heavy atom. The van der Waals surface area contributed by atoms with E-state index in [1.807, 2.05) is 6.92 Å². The summed E-state index contributed by atoms with van der Waals surface area (Å²) in [5, 5.41) is 10.7. The molecule has 0 fully saturated rings. The van der Waals surface area contributed by atoms with Crippen LogP contribution >= 0.6 is 11.8 Å². The van der Waals surface area contributed by atoms with Crippen molar-refractivity contribution in [1.82, 2.24) is 0 Å². The standard InChI is InChI=1S/C8H15NOS/c1-5-9-7(10)6(11-5)8(2,3)4/h6-7,10H,1-4H3. The molecule has 2 atom stereocenters. The van der Waals surface area contributed by atoms with Gasteiger partial charge >= 0.3 is 0 Å². The van der Waals surface area contributed by atoms with Crippen LogP contribution in [0.5, 0.6) is 0 Å². The summed E-state index contributed by atoms with van der Waals surface area (Å²) in [5.41, 5.74) is 0.130. The Balaban J connectivity index is 2.67. The van der Waals surface area contributed by atoms with E-state index in [0.717, 1.165) is 5.04 Å². The van der Waals surface area contributed by atoms with Crippen LogP contribution in [0.25, 0.3) is 0 Å². The predicted molar refractivity (Wildman–Crippen MR) is 49.9 cm³/mol. The van der Waals surface area contributed by atoms with E-state index in [9.17, 15) is 5.11 Å². The van der Waals surface area contributed by atoms with Crippen LogP contribution in [0.2, 0.25) is 0 Å². The minimum Gasteiger partial charge on any atom is -0.371 e. The molecular weight excluding hydrogens is 158 g/mol. The second kappa shape index (κ2) is 2.79. The van der Waals surface area contributed by atoms with Crippen LogP contribution in [0.15, 0.2) is 4.99 Å². The Kier molecular flexibility index (Phi) is 2.30. The van der Waals surface area contributed by atoms with Crippen molar-refractivity contribution < 1.29 is 5.11 Å². The van der Waals surface area contributed by atoms with Crippen molar-refractivity contribution in [3.8, 4) is 0 Å². The van der Waals surface area contributed by atoms with Crippen molar-refractivity contribution in [2.24, 2.45) is 10.4 Å². The van der Waals surface area contributed by atoms with Gasteiger partial charge in [-0.1, -0.05) is 20.8 Å². The number of thioether (sulfide) groups is 1. The van der Waals surface area contributed by atoms with Gasteiger partial charge in [0.25, 0.3) is 0 Å². The van der Waals surface area contributed by atoms with Gasteiger partial charge in [-0.3, -0.25) is 4.99 Å². The van der Waals surface area contributed by atoms with Crippen molar-refractivity contribution in [2.75, 3.05) is 0 Å². The highest BCUT2D eigenvalue weighted by Crippen LogP contribution is 2.38. The van der Waals surface area contributed by atoms with E-state index in [-0.39, 0.29) is 10.7 Å². The summed E-state index contributed by atoms with van der Waals surface area (Å²) in [6, 6.07) is 0. The molecule has 2 nitrogen and oxygen atoms in total. The summed E-state index contributed by atoms with van der Waals surface area (Å²) < 4.78 is 0. The minimum absolute atomic E-state index is 0.130. The van der Waals surface area contributed by atoms with Gasteiger partial charge in [-0.15, -0.1) is 11.8 Å². The summed E-state index contributed by atoms with van der Waals surface area (Å²) >= 11 is 1.68. The molecule has 1 aliphatic rings. The van der Waals surface area contributed by atoms with Crippen LogP contribution in [-0.4, -0.2) is 21.6 Å². The minimum atomic E-state index is -0.500. The molecule has 0 saturated heterocycles. The average molecular weight is 173 g/mol. The number of aliphatic hydroxyl groups is 1. The van der Waals surface area contributed by atoms with E-state index in [1.165, 1.54) is 0 Å². The van der Waals surface area contributed by atoms with Crippen LogP contribution in [0, 0.1) is 5.41 Å². The second-order valence-corrected chi connectivity index (χ2v) is 5.30. The molecular formula is C8H15NOS. The molecule has 1 rings (SSSR count). The zero-order chi connectivity index (χ0) is 8.65. The third kappa shape index (κ3) is 1.97. The first kappa shape index (κ1) is 9.07. The third-order valence-corrected chi connectivity index (χ3v) is 3.39. The molecule has 0 spiro atoms. The maximum absolute atomic E-state index is 9.49. The Bertz CT molecular complexity index is 183. The van der Waals surface area contributed by atoms with E-state index >= 15 is 0 Å². The van der Waals surface area contributed by atoms with Crippen molar-refractivity contribution >= 4 is 16.8 Å². The van der Waals surface area contributed by atoms with Crippen LogP contribution in [0.1, 0.15) is 27.7 Å². The predicted octanol–water partition coefficient (Wildman–Crippen LogP) is 1.88. The highest BCUT2D eigenvalue weighted by Gasteiger charge is 2.35. The smallest absolute Gasteiger partial charge is 0.158 e. The lowest BCUT2D eigenvalue weighted by molar-refractivity contribution is 0.142. The fraction of sp³-hybridized carbons (Fsp3) is 0.875. The second-order valence-electron chi connectivity index (χ2n) is 3.97. The Morgan fingerprint density at radius 2 is 2.00 bits per heavy atom. The van der Waals surface area contributed by atoms with Crippen LogP contribution in [0.3, 0.4) is 0 Å². The van der Waals surface area contributed by atoms with Gasteiger partial charge in [0, 0.05) is 0 Å². The van der Waals surface area contributed by atoms with Gasteiger partial charge in [0.2, 0.25) is 0 Å². The molecule has 0 bridgehead atoms. The largest absolute Gasteiger partial charge is 0.371 e. The van der Waals surface area contributed by atoms with Gasteiger partial charge in [-0.2, -0.15) is 0 Å². The number of aliphatic hydroxyl groups excluding tert-OH is 1. The Morgan fingerprint density at radius 1 is 1.45 bits per heavy atom. The monoisotopic (exact) mass is 173 g/mol. The van der Waals surface area contributed by atoms with E-state index in [0.29, 0.717) is 0 Å². The van der Waals surface area contributed by atoms with E-state index < -0.39 is 6.23 Å². The summed E-state index contributed by atoms with van der Waals surface area (Å²) in [7, 11) is 0. The molecule has 3 heteroatoms. The highest BCUT2D eigenvalue weighted by atomic mass is 32.2. The summed E-state index contributed by atoms with van der Waals surface area (Å²) in [6.07, 6.45) is -0.500. The Hall–Kier alpha value is -0.0200. The van der Waals surface area contributed by atoms with Crippen LogP contribution < -0.4 is 0 Å². The summed E-state index contributed by atoms with van der Waals surface area (Å²) in [5.74, 6) is 0. The lowest BCUT2D eigenvalue weighted by atomic mass is 9.91. The maximum Gasteiger partial charge on any atom is 0.158 e. The average Bonchev–Trinajstić information content (AvgIpc) is 2.08. The molecule has 0 amide bonds. The SMILES string of the molecule is CC1=NC(O)C(C(C)(C)C)S1. The number of rotatable bonds is 0. The molecule has 1 N–H and O–H groups in total. The molecule has 11 heavy (non-hydrogen) atoms. The Labute approximate surface area is 72.1 Å². The molecule has 0 aliphatic carbocycles. The summed E-state index contributed by atoms with van der Waals surface area (Å²) in [6.45, 7) is 8.33. The molecule has 64 valence electrons. The highest BCUT2D eigenvalue weighted by molar-refractivity contribution is 8.14. The molecule has 0 aromatic heterocycles. The fourth-order valence-corrected chi connectivity index (χ4v) is 2.23. The van der Waals surface area contributed by atoms with E-state index in [4.69, 9.17) is 0 Å². The summed E-state index contributed by atoms with van der Waals surface area (Å²) in [4.78, 5) is 4.07. The van der Waals surface area contributed by atoms with Gasteiger partial charge < -0.3 is 5.11 Å². The van der Waals surface area contributed by atoms with Crippen LogP contribution in [0.4, 0.5) is 0 Å². The van der Waals surface area contributed by atoms with Crippen molar-refractivity contribution in [2.45, 2.75) is 39.2 Å². The van der Waals surface area contributed by atoms with E-state index in [1.54, 1.807) is 11.8 Å². The molecule has 0 aromatic carbocycles.